The molecule has 1 N–H and O–H groups in total. The van der Waals surface area contributed by atoms with Crippen molar-refractivity contribution >= 4 is 53.8 Å². The van der Waals surface area contributed by atoms with Crippen molar-refractivity contribution in [2.45, 2.75) is 14.0 Å². The molecule has 0 saturated heterocycles. The van der Waals surface area contributed by atoms with Gasteiger partial charge in [0.15, 0.2) is 0 Å². The average Bonchev–Trinajstić information content (AvgIpc) is 3.45. The molecule has 3 nitrogen and oxygen atoms in total. The molecule has 116 valence electrons. The summed E-state index contributed by atoms with van der Waals surface area (Å²) in [4.78, 5) is 3.29. The largest absolute Gasteiger partial charge is 0.391 e. The highest BCUT2D eigenvalue weighted by atomic mass is 32.1. The van der Waals surface area contributed by atoms with Gasteiger partial charge in [0.1, 0.15) is 11.0 Å². The molecule has 4 rings (SSSR count). The molecule has 1 aromatic carbocycles. The molecule has 0 unspecified atom stereocenters. The third-order valence-electron chi connectivity index (χ3n) is 3.29. The van der Waals surface area contributed by atoms with Crippen LogP contribution in [0.15, 0.2) is 41.8 Å². The van der Waals surface area contributed by atoms with Crippen molar-refractivity contribution in [2.75, 3.05) is 0 Å². The third-order valence-corrected chi connectivity index (χ3v) is 5.82. The fraction of sp³-hybridized carbons (Fsp3) is 0.125. The lowest BCUT2D eigenvalue weighted by Crippen LogP contribution is -1.81. The number of fused-ring (bicyclic) bond motifs is 1. The molecule has 0 fully saturated rings. The molecule has 0 amide bonds. The normalized spacial score (nSPS) is 10.9. The Morgan fingerprint density at radius 3 is 2.30 bits per heavy atom. The SMILES string of the molecule is OCc1ccc(-c2ccc(-c3cccs3)c3nsnc23)s1.[3H]C.[3H][B]. The van der Waals surface area contributed by atoms with Gasteiger partial charge in [-0.15, -0.1) is 22.7 Å². The summed E-state index contributed by atoms with van der Waals surface area (Å²) in [6, 6.07) is 12.4. The molecular formula is C16H15BN2OS3. The van der Waals surface area contributed by atoms with Crippen LogP contribution < -0.4 is 0 Å². The van der Waals surface area contributed by atoms with E-state index in [-0.39, 0.29) is 6.61 Å². The smallest absolute Gasteiger partial charge is 0.114 e. The Bertz CT molecular complexity index is 909. The summed E-state index contributed by atoms with van der Waals surface area (Å²) < 4.78 is 20.0. The van der Waals surface area contributed by atoms with Crippen molar-refractivity contribution in [3.05, 3.63) is 46.7 Å². The van der Waals surface area contributed by atoms with E-state index in [4.69, 9.17) is 2.71 Å². The number of aliphatic hydroxyl groups is 1. The lowest BCUT2D eigenvalue weighted by atomic mass is 10.1. The summed E-state index contributed by atoms with van der Waals surface area (Å²) in [7, 11) is 5.00. The average molecular weight is 362 g/mol. The highest BCUT2D eigenvalue weighted by molar-refractivity contribution is 7.15. The number of hydrogen-bond donors (Lipinski definition) is 1. The van der Waals surface area contributed by atoms with E-state index >= 15 is 0 Å². The monoisotopic (exact) mass is 362 g/mol. The first-order chi connectivity index (χ1) is 12.4. The molecule has 0 aliphatic heterocycles. The van der Waals surface area contributed by atoms with E-state index in [9.17, 15) is 5.11 Å². The van der Waals surface area contributed by atoms with Gasteiger partial charge in [-0.25, -0.2) is 0 Å². The second-order valence-corrected chi connectivity index (χ2v) is 7.17. The van der Waals surface area contributed by atoms with Gasteiger partial charge in [-0.05, 0) is 24.9 Å². The van der Waals surface area contributed by atoms with Crippen LogP contribution in [0.4, 0.5) is 0 Å². The van der Waals surface area contributed by atoms with Gasteiger partial charge in [-0.3, -0.25) is 0 Å². The lowest BCUT2D eigenvalue weighted by Gasteiger charge is -2.03. The van der Waals surface area contributed by atoms with Gasteiger partial charge in [0, 0.05) is 35.5 Å². The van der Waals surface area contributed by atoms with Crippen molar-refractivity contribution in [1.29, 1.82) is 1.34 Å². The Labute approximate surface area is 151 Å². The fourth-order valence-electron chi connectivity index (χ4n) is 2.30. The van der Waals surface area contributed by atoms with Gasteiger partial charge in [-0.1, -0.05) is 25.6 Å². The molecule has 0 bridgehead atoms. The highest BCUT2D eigenvalue weighted by Crippen LogP contribution is 2.38. The summed E-state index contributed by atoms with van der Waals surface area (Å²) in [5.74, 6) is 0. The lowest BCUT2D eigenvalue weighted by molar-refractivity contribution is 0.285. The van der Waals surface area contributed by atoms with Gasteiger partial charge in [0.2, 0.25) is 0 Å². The van der Waals surface area contributed by atoms with E-state index in [1.54, 1.807) is 22.7 Å². The topological polar surface area (TPSA) is 46.0 Å². The molecular weight excluding hydrogens is 343 g/mol. The highest BCUT2D eigenvalue weighted by Gasteiger charge is 2.14. The van der Waals surface area contributed by atoms with E-state index in [0.717, 1.165) is 31.9 Å². The molecule has 2 radical (unpaired) electrons. The third kappa shape index (κ3) is 3.10. The van der Waals surface area contributed by atoms with Crippen LogP contribution in [0.3, 0.4) is 0 Å². The number of nitrogens with zero attached hydrogens (tertiary/aromatic N) is 2. The Kier molecular flexibility index (Phi) is 4.80. The summed E-state index contributed by atoms with van der Waals surface area (Å²) in [5, 5.41) is 11.3. The summed E-state index contributed by atoms with van der Waals surface area (Å²) >= 11 is 4.55. The number of hydrogen-bond acceptors (Lipinski definition) is 6. The van der Waals surface area contributed by atoms with Gasteiger partial charge < -0.3 is 5.11 Å². The van der Waals surface area contributed by atoms with Crippen molar-refractivity contribution in [3.8, 4) is 20.9 Å². The van der Waals surface area contributed by atoms with Crippen molar-refractivity contribution < 1.29 is 6.48 Å². The number of rotatable bonds is 3. The number of aliphatic hydroxyl groups excluding tert-OH is 1. The molecule has 4 aromatic rings. The van der Waals surface area contributed by atoms with Crippen LogP contribution in [-0.2, 0) is 6.61 Å². The number of aromatic nitrogens is 2. The van der Waals surface area contributed by atoms with Crippen LogP contribution >= 0.6 is 34.4 Å². The molecule has 0 aliphatic carbocycles. The Hall–Kier alpha value is -1.54. The Morgan fingerprint density at radius 1 is 1.04 bits per heavy atom. The minimum Gasteiger partial charge on any atom is -0.391 e. The zero-order valence-electron chi connectivity index (χ0n) is 14.4. The van der Waals surface area contributed by atoms with E-state index < -0.39 is 0 Å². The van der Waals surface area contributed by atoms with Crippen LogP contribution in [-0.4, -0.2) is 23.6 Å². The van der Waals surface area contributed by atoms with Crippen LogP contribution in [0, 0.1) is 0 Å². The molecule has 23 heavy (non-hydrogen) atoms. The quantitative estimate of drug-likeness (QED) is 0.541. The maximum Gasteiger partial charge on any atom is 0.114 e. The molecule has 0 atom stereocenters. The minimum atomic E-state index is 0.0798. The Balaban J connectivity index is 0.000000528. The molecule has 0 spiro atoms. The second-order valence-electron chi connectivity index (χ2n) is 4.52. The maximum atomic E-state index is 9.23. The Morgan fingerprint density at radius 2 is 1.74 bits per heavy atom. The van der Waals surface area contributed by atoms with Gasteiger partial charge in [0.25, 0.3) is 0 Å². The van der Waals surface area contributed by atoms with E-state index in [1.165, 1.54) is 24.0 Å². The summed E-state index contributed by atoms with van der Waals surface area (Å²) in [6.45, 7) is 0.0798. The zero-order valence-corrected chi connectivity index (χ0v) is 14.8. The van der Waals surface area contributed by atoms with Gasteiger partial charge in [0.05, 0.1) is 18.3 Å². The summed E-state index contributed by atoms with van der Waals surface area (Å²) in [5.41, 5.74) is 4.12. The molecule has 3 aromatic heterocycles. The number of benzene rings is 1. The van der Waals surface area contributed by atoms with Crippen LogP contribution in [0.25, 0.3) is 31.9 Å². The van der Waals surface area contributed by atoms with E-state index in [2.05, 4.69) is 40.7 Å². The van der Waals surface area contributed by atoms with Crippen LogP contribution in [0.5, 0.6) is 0 Å². The van der Waals surface area contributed by atoms with Gasteiger partial charge >= 0.3 is 0 Å². The predicted molar refractivity (Wildman–Crippen MR) is 104 cm³/mol. The van der Waals surface area contributed by atoms with Crippen molar-refractivity contribution in [2.24, 2.45) is 0 Å². The van der Waals surface area contributed by atoms with E-state index in [0.29, 0.717) is 0 Å². The standard InChI is InChI=1S/C15H10N2OS3.CH4.BH/c18-8-9-3-6-13(20-9)11-5-4-10(12-2-1-7-19-12)14-15(11)17-21-16-14;;/h1-7,18H,8H2;1H4;1H/i;2*1T. The van der Waals surface area contributed by atoms with E-state index in [1.807, 2.05) is 18.2 Å². The zero-order chi connectivity index (χ0) is 18.2. The van der Waals surface area contributed by atoms with Crippen molar-refractivity contribution in [3.63, 3.8) is 0 Å². The first kappa shape index (κ1) is 15.0. The first-order valence-electron chi connectivity index (χ1n) is 7.93. The van der Waals surface area contributed by atoms with Crippen molar-refractivity contribution in [1.82, 2.24) is 8.75 Å². The molecule has 7 heteroatoms. The molecule has 0 saturated carbocycles. The second kappa shape index (κ2) is 7.36. The fourth-order valence-corrected chi connectivity index (χ4v) is 4.52. The molecule has 0 aliphatic rings. The maximum absolute atomic E-state index is 9.23. The molecule has 3 heterocycles. The minimum absolute atomic E-state index is 0.0798. The van der Waals surface area contributed by atoms with Crippen LogP contribution in [0.2, 0.25) is 0 Å². The number of thiophene rings is 2. The first-order valence-corrected chi connectivity index (χ1v) is 8.78. The van der Waals surface area contributed by atoms with Crippen LogP contribution in [0.1, 0.15) is 13.7 Å². The predicted octanol–water partition coefficient (Wildman–Crippen LogP) is 4.63. The summed E-state index contributed by atoms with van der Waals surface area (Å²) in [6.07, 6.45) is 0. The van der Waals surface area contributed by atoms with Gasteiger partial charge in [-0.2, -0.15) is 8.75 Å².